The van der Waals surface area contributed by atoms with Crippen LogP contribution in [0.25, 0.3) is 16.6 Å². The largest absolute Gasteiger partial charge is 0.346 e. The van der Waals surface area contributed by atoms with Gasteiger partial charge in [-0.3, -0.25) is 14.5 Å². The lowest BCUT2D eigenvalue weighted by Crippen LogP contribution is -2.38. The number of aromatic amines is 1. The summed E-state index contributed by atoms with van der Waals surface area (Å²) >= 11 is 3.44. The number of rotatable bonds is 5. The molecule has 1 aromatic carbocycles. The van der Waals surface area contributed by atoms with E-state index in [1.54, 1.807) is 4.90 Å². The number of fused-ring (bicyclic) bond motifs is 1. The molecule has 31 heavy (non-hydrogen) atoms. The standard InChI is InChI=1S/C24H23BrN4O2/c1-15-13-28(24(31)16-3-2-4-17(25)11-16)10-8-19(15)21-12-22(29(14-30)18-5-6-18)27-23-20(21)7-9-26-23/h2-4,7-9,11-12,14-15,18H,5-6,10,13H2,1H3,(H,26,27). The molecule has 3 aromatic rings. The van der Waals surface area contributed by atoms with Crippen molar-refractivity contribution in [1.29, 1.82) is 0 Å². The summed E-state index contributed by atoms with van der Waals surface area (Å²) in [5.74, 6) is 0.874. The Morgan fingerprint density at radius 2 is 2.13 bits per heavy atom. The van der Waals surface area contributed by atoms with E-state index in [1.807, 2.05) is 47.5 Å². The summed E-state index contributed by atoms with van der Waals surface area (Å²) < 4.78 is 0.897. The minimum atomic E-state index is 0.0338. The number of pyridine rings is 1. The van der Waals surface area contributed by atoms with Crippen molar-refractivity contribution in [3.8, 4) is 0 Å². The van der Waals surface area contributed by atoms with Gasteiger partial charge in [-0.25, -0.2) is 4.98 Å². The predicted molar refractivity (Wildman–Crippen MR) is 125 cm³/mol. The zero-order valence-electron chi connectivity index (χ0n) is 17.2. The third-order valence-electron chi connectivity index (χ3n) is 6.06. The number of hydrogen-bond acceptors (Lipinski definition) is 3. The van der Waals surface area contributed by atoms with Crippen LogP contribution in [-0.2, 0) is 4.79 Å². The molecule has 158 valence electrons. The number of carbonyl (C=O) groups excluding carboxylic acids is 2. The Labute approximate surface area is 189 Å². The Morgan fingerprint density at radius 3 is 2.84 bits per heavy atom. The molecular weight excluding hydrogens is 456 g/mol. The van der Waals surface area contributed by atoms with Crippen molar-refractivity contribution in [3.63, 3.8) is 0 Å². The fraction of sp³-hybridized carbons (Fsp3) is 0.292. The highest BCUT2D eigenvalue weighted by molar-refractivity contribution is 9.10. The first-order valence-corrected chi connectivity index (χ1v) is 11.3. The molecule has 1 aliphatic heterocycles. The van der Waals surface area contributed by atoms with Crippen LogP contribution >= 0.6 is 15.9 Å². The van der Waals surface area contributed by atoms with Crippen molar-refractivity contribution in [2.75, 3.05) is 18.0 Å². The first kappa shape index (κ1) is 20.0. The molecule has 0 saturated heterocycles. The first-order chi connectivity index (χ1) is 15.0. The molecule has 6 nitrogen and oxygen atoms in total. The number of anilines is 1. The van der Waals surface area contributed by atoms with E-state index in [4.69, 9.17) is 0 Å². The molecule has 1 atom stereocenters. The van der Waals surface area contributed by atoms with Gasteiger partial charge >= 0.3 is 0 Å². The number of H-pyrrole nitrogens is 1. The van der Waals surface area contributed by atoms with Crippen LogP contribution in [0.4, 0.5) is 5.82 Å². The maximum absolute atomic E-state index is 13.0. The Hall–Kier alpha value is -2.93. The van der Waals surface area contributed by atoms with Crippen LogP contribution < -0.4 is 4.90 Å². The second-order valence-electron chi connectivity index (χ2n) is 8.29. The second-order valence-corrected chi connectivity index (χ2v) is 9.21. The van der Waals surface area contributed by atoms with Crippen molar-refractivity contribution < 1.29 is 9.59 Å². The van der Waals surface area contributed by atoms with Crippen LogP contribution in [0.1, 0.15) is 35.7 Å². The zero-order valence-corrected chi connectivity index (χ0v) is 18.8. The average molecular weight is 479 g/mol. The molecule has 7 heteroatoms. The maximum Gasteiger partial charge on any atom is 0.254 e. The molecule has 0 bridgehead atoms. The second kappa shape index (κ2) is 7.96. The van der Waals surface area contributed by atoms with Crippen molar-refractivity contribution in [2.24, 2.45) is 5.92 Å². The number of amides is 2. The molecule has 1 fully saturated rings. The lowest BCUT2D eigenvalue weighted by Gasteiger charge is -2.32. The molecule has 5 rings (SSSR count). The minimum Gasteiger partial charge on any atom is -0.346 e. The van der Waals surface area contributed by atoms with Crippen molar-refractivity contribution in [2.45, 2.75) is 25.8 Å². The Kier molecular flexibility index (Phi) is 5.14. The quantitative estimate of drug-likeness (QED) is 0.543. The summed E-state index contributed by atoms with van der Waals surface area (Å²) in [5, 5.41) is 1.04. The van der Waals surface area contributed by atoms with Gasteiger partial charge in [0.15, 0.2) is 0 Å². The number of halogens is 1. The summed E-state index contributed by atoms with van der Waals surface area (Å²) in [4.78, 5) is 36.2. The van der Waals surface area contributed by atoms with E-state index in [0.717, 1.165) is 40.3 Å². The van der Waals surface area contributed by atoms with Gasteiger partial charge < -0.3 is 9.88 Å². The third kappa shape index (κ3) is 3.78. The van der Waals surface area contributed by atoms with Gasteiger partial charge in [-0.2, -0.15) is 0 Å². The number of nitrogens with zero attached hydrogens (tertiary/aromatic N) is 3. The topological polar surface area (TPSA) is 69.3 Å². The fourth-order valence-corrected chi connectivity index (χ4v) is 4.73. The minimum absolute atomic E-state index is 0.0338. The average Bonchev–Trinajstić information content (AvgIpc) is 3.49. The van der Waals surface area contributed by atoms with Gasteiger partial charge in [-0.05, 0) is 60.2 Å². The molecule has 1 aliphatic carbocycles. The number of aromatic nitrogens is 2. The predicted octanol–water partition coefficient (Wildman–Crippen LogP) is 4.63. The summed E-state index contributed by atoms with van der Waals surface area (Å²) in [6.07, 6.45) is 6.94. The molecule has 2 aliphatic rings. The molecule has 0 radical (unpaired) electrons. The summed E-state index contributed by atoms with van der Waals surface area (Å²) in [7, 11) is 0. The summed E-state index contributed by atoms with van der Waals surface area (Å²) in [6.45, 7) is 3.33. The highest BCUT2D eigenvalue weighted by Crippen LogP contribution is 2.37. The number of benzene rings is 1. The third-order valence-corrected chi connectivity index (χ3v) is 6.55. The van der Waals surface area contributed by atoms with Crippen LogP contribution in [-0.4, -0.2) is 46.3 Å². The summed E-state index contributed by atoms with van der Waals surface area (Å²) in [6, 6.07) is 11.8. The molecule has 1 N–H and O–H groups in total. The highest BCUT2D eigenvalue weighted by Gasteiger charge is 2.31. The van der Waals surface area contributed by atoms with Gasteiger partial charge in [0.2, 0.25) is 6.41 Å². The number of hydrogen-bond donors (Lipinski definition) is 1. The summed E-state index contributed by atoms with van der Waals surface area (Å²) in [5.41, 5.74) is 3.73. The van der Waals surface area contributed by atoms with E-state index in [2.05, 4.69) is 38.9 Å². The van der Waals surface area contributed by atoms with Crippen molar-refractivity contribution >= 4 is 50.7 Å². The van der Waals surface area contributed by atoms with Gasteiger partial charge in [-0.15, -0.1) is 0 Å². The Bertz CT molecular complexity index is 1200. The lowest BCUT2D eigenvalue weighted by atomic mass is 9.89. The fourth-order valence-electron chi connectivity index (χ4n) is 4.33. The van der Waals surface area contributed by atoms with E-state index in [9.17, 15) is 9.59 Å². The van der Waals surface area contributed by atoms with Gasteiger partial charge in [0.05, 0.1) is 0 Å². The zero-order chi connectivity index (χ0) is 21.5. The van der Waals surface area contributed by atoms with Crippen molar-refractivity contribution in [3.05, 3.63) is 64.3 Å². The van der Waals surface area contributed by atoms with E-state index in [1.165, 1.54) is 5.57 Å². The van der Waals surface area contributed by atoms with Crippen LogP contribution in [0.15, 0.2) is 53.1 Å². The first-order valence-electron chi connectivity index (χ1n) is 10.5. The molecule has 1 saturated carbocycles. The van der Waals surface area contributed by atoms with Gasteiger partial charge in [0, 0.05) is 40.8 Å². The molecule has 1 unspecified atom stereocenters. The van der Waals surface area contributed by atoms with Crippen LogP contribution in [0.2, 0.25) is 0 Å². The van der Waals surface area contributed by atoms with E-state index < -0.39 is 0 Å². The molecular formula is C24H23BrN4O2. The molecule has 2 aromatic heterocycles. The SMILES string of the molecule is CC1CN(C(=O)c2cccc(Br)c2)CC=C1c1cc(N(C=O)C2CC2)nc2[nH]ccc12. The van der Waals surface area contributed by atoms with Gasteiger partial charge in [0.1, 0.15) is 11.5 Å². The van der Waals surface area contributed by atoms with E-state index in [0.29, 0.717) is 24.5 Å². The Balaban J connectivity index is 1.48. The van der Waals surface area contributed by atoms with E-state index in [-0.39, 0.29) is 17.9 Å². The Morgan fingerprint density at radius 1 is 1.29 bits per heavy atom. The maximum atomic E-state index is 13.0. The molecule has 2 amide bonds. The monoisotopic (exact) mass is 478 g/mol. The molecule has 0 spiro atoms. The van der Waals surface area contributed by atoms with Gasteiger partial charge in [-0.1, -0.05) is 35.0 Å². The van der Waals surface area contributed by atoms with Crippen molar-refractivity contribution in [1.82, 2.24) is 14.9 Å². The van der Waals surface area contributed by atoms with Crippen LogP contribution in [0, 0.1) is 5.92 Å². The lowest BCUT2D eigenvalue weighted by molar-refractivity contribution is -0.107. The smallest absolute Gasteiger partial charge is 0.254 e. The van der Waals surface area contributed by atoms with Gasteiger partial charge in [0.25, 0.3) is 5.91 Å². The normalized spacial score (nSPS) is 18.7. The van der Waals surface area contributed by atoms with E-state index >= 15 is 0 Å². The number of carbonyl (C=O) groups is 2. The van der Waals surface area contributed by atoms with Crippen LogP contribution in [0.5, 0.6) is 0 Å². The molecule has 3 heterocycles. The highest BCUT2D eigenvalue weighted by atomic mass is 79.9. The number of nitrogens with one attached hydrogen (secondary N) is 1. The van der Waals surface area contributed by atoms with Crippen LogP contribution in [0.3, 0.4) is 0 Å².